The summed E-state index contributed by atoms with van der Waals surface area (Å²) in [7, 11) is 0. The summed E-state index contributed by atoms with van der Waals surface area (Å²) < 4.78 is 4.71. The molecule has 1 N–H and O–H groups in total. The Morgan fingerprint density at radius 1 is 1.75 bits per heavy atom. The highest BCUT2D eigenvalue weighted by Gasteiger charge is 2.13. The number of furan rings is 1. The van der Waals surface area contributed by atoms with E-state index in [2.05, 4.69) is 5.16 Å². The first-order chi connectivity index (χ1) is 5.65. The van der Waals surface area contributed by atoms with E-state index >= 15 is 0 Å². The zero-order chi connectivity index (χ0) is 9.14. The zero-order valence-corrected chi connectivity index (χ0v) is 6.22. The van der Waals surface area contributed by atoms with Crippen LogP contribution in [-0.2, 0) is 0 Å². The quantitative estimate of drug-likeness (QED) is 0.314. The van der Waals surface area contributed by atoms with Crippen molar-refractivity contribution in [3.05, 3.63) is 28.0 Å². The predicted molar refractivity (Wildman–Crippen MR) is 39.4 cm³/mol. The summed E-state index contributed by atoms with van der Waals surface area (Å²) in [5.74, 6) is -0.183. The number of hydrogen-bond donors (Lipinski definition) is 1. The molecule has 12 heavy (non-hydrogen) atoms. The molecule has 0 fully saturated rings. The Balaban J connectivity index is 2.99. The summed E-state index contributed by atoms with van der Waals surface area (Å²) in [6.07, 6.45) is 0. The Kier molecular flexibility index (Phi) is 2.09. The van der Waals surface area contributed by atoms with Crippen molar-refractivity contribution in [3.63, 3.8) is 0 Å². The summed E-state index contributed by atoms with van der Waals surface area (Å²) >= 11 is 0. The summed E-state index contributed by atoms with van der Waals surface area (Å²) in [4.78, 5) is 9.48. The molecule has 0 aliphatic carbocycles. The first-order valence-corrected chi connectivity index (χ1v) is 3.08. The molecule has 1 aromatic rings. The van der Waals surface area contributed by atoms with Gasteiger partial charge in [0, 0.05) is 0 Å². The van der Waals surface area contributed by atoms with E-state index in [1.54, 1.807) is 0 Å². The Hall–Kier alpha value is -1.85. The highest BCUT2D eigenvalue weighted by Crippen LogP contribution is 2.15. The average Bonchev–Trinajstić information content (AvgIpc) is 2.51. The first-order valence-electron chi connectivity index (χ1n) is 3.08. The van der Waals surface area contributed by atoms with Crippen molar-refractivity contribution in [2.45, 2.75) is 6.92 Å². The van der Waals surface area contributed by atoms with Crippen LogP contribution >= 0.6 is 0 Å². The van der Waals surface area contributed by atoms with Gasteiger partial charge in [-0.25, -0.2) is 0 Å². The molecule has 0 saturated carbocycles. The van der Waals surface area contributed by atoms with Gasteiger partial charge in [-0.05, 0) is 13.0 Å². The number of rotatable bonds is 2. The lowest BCUT2D eigenvalue weighted by Crippen LogP contribution is -1.90. The van der Waals surface area contributed by atoms with Gasteiger partial charge in [0.05, 0.1) is 6.07 Å². The molecule has 1 rings (SSSR count). The van der Waals surface area contributed by atoms with Crippen molar-refractivity contribution in [1.82, 2.24) is 0 Å². The summed E-state index contributed by atoms with van der Waals surface area (Å²) in [5.41, 5.74) is 0.197. The van der Waals surface area contributed by atoms with Crippen LogP contribution < -0.4 is 0 Å². The van der Waals surface area contributed by atoms with Crippen LogP contribution in [0, 0.1) is 10.1 Å². The maximum Gasteiger partial charge on any atom is 0.433 e. The van der Waals surface area contributed by atoms with Gasteiger partial charge in [-0.3, -0.25) is 10.1 Å². The molecule has 0 radical (unpaired) electrons. The van der Waals surface area contributed by atoms with Gasteiger partial charge in [0.25, 0.3) is 0 Å². The van der Waals surface area contributed by atoms with Crippen molar-refractivity contribution >= 4 is 11.6 Å². The smallest absolute Gasteiger partial charge is 0.411 e. The molecular weight excluding hydrogens is 164 g/mol. The second kappa shape index (κ2) is 3.04. The van der Waals surface area contributed by atoms with Gasteiger partial charge in [0.2, 0.25) is 0 Å². The third kappa shape index (κ3) is 1.42. The van der Waals surface area contributed by atoms with E-state index in [4.69, 9.17) is 9.62 Å². The summed E-state index contributed by atoms with van der Waals surface area (Å²) in [6, 6.07) is 2.57. The second-order valence-electron chi connectivity index (χ2n) is 2.08. The maximum atomic E-state index is 10.1. The zero-order valence-electron chi connectivity index (χ0n) is 6.22. The molecule has 0 unspecified atom stereocenters. The molecule has 0 bridgehead atoms. The maximum absolute atomic E-state index is 10.1. The highest BCUT2D eigenvalue weighted by atomic mass is 16.6. The van der Waals surface area contributed by atoms with Crippen molar-refractivity contribution in [3.8, 4) is 0 Å². The van der Waals surface area contributed by atoms with Crippen LogP contribution in [0.25, 0.3) is 0 Å². The molecule has 6 heteroatoms. The van der Waals surface area contributed by atoms with E-state index in [1.807, 2.05) is 0 Å². The molecule has 0 aromatic carbocycles. The molecule has 0 amide bonds. The molecule has 64 valence electrons. The molecular formula is C6H6N2O4. The lowest BCUT2D eigenvalue weighted by molar-refractivity contribution is -0.402. The fraction of sp³-hybridized carbons (Fsp3) is 0.167. The molecule has 0 atom stereocenters. The van der Waals surface area contributed by atoms with Crippen molar-refractivity contribution in [1.29, 1.82) is 0 Å². The fourth-order valence-electron chi connectivity index (χ4n) is 0.670. The fourth-order valence-corrected chi connectivity index (χ4v) is 0.670. The van der Waals surface area contributed by atoms with Crippen LogP contribution in [0.3, 0.4) is 0 Å². The second-order valence-corrected chi connectivity index (χ2v) is 2.08. The topological polar surface area (TPSA) is 88.9 Å². The van der Waals surface area contributed by atoms with Gasteiger partial charge in [-0.2, -0.15) is 0 Å². The van der Waals surface area contributed by atoms with Crippen LogP contribution in [0.1, 0.15) is 12.7 Å². The summed E-state index contributed by atoms with van der Waals surface area (Å²) in [6.45, 7) is 1.47. The van der Waals surface area contributed by atoms with Crippen LogP contribution in [-0.4, -0.2) is 15.8 Å². The average molecular weight is 170 g/mol. The van der Waals surface area contributed by atoms with Gasteiger partial charge in [0.1, 0.15) is 10.6 Å². The van der Waals surface area contributed by atoms with E-state index in [0.29, 0.717) is 0 Å². The van der Waals surface area contributed by atoms with Gasteiger partial charge in [0.15, 0.2) is 5.76 Å². The molecule has 0 aliphatic heterocycles. The lowest BCUT2D eigenvalue weighted by atomic mass is 10.3. The Morgan fingerprint density at radius 2 is 2.42 bits per heavy atom. The van der Waals surface area contributed by atoms with Crippen molar-refractivity contribution < 1.29 is 14.5 Å². The molecule has 1 heterocycles. The standard InChI is InChI=1S/C6H6N2O4/c1-4(7-9)5-2-3-6(12-5)8(10)11/h2-3,9H,1H3/b7-4-. The van der Waals surface area contributed by atoms with Gasteiger partial charge in [-0.15, -0.1) is 0 Å². The Morgan fingerprint density at radius 3 is 2.83 bits per heavy atom. The predicted octanol–water partition coefficient (Wildman–Crippen LogP) is 1.39. The van der Waals surface area contributed by atoms with E-state index in [0.717, 1.165) is 0 Å². The van der Waals surface area contributed by atoms with E-state index < -0.39 is 4.92 Å². The number of hydrogen-bond acceptors (Lipinski definition) is 5. The monoisotopic (exact) mass is 170 g/mol. The number of nitrogens with zero attached hydrogens (tertiary/aromatic N) is 2. The van der Waals surface area contributed by atoms with Gasteiger partial charge < -0.3 is 9.62 Å². The van der Waals surface area contributed by atoms with Crippen molar-refractivity contribution in [2.24, 2.45) is 5.16 Å². The van der Waals surface area contributed by atoms with Crippen LogP contribution in [0.4, 0.5) is 5.88 Å². The molecule has 1 aromatic heterocycles. The van der Waals surface area contributed by atoms with Crippen LogP contribution in [0.2, 0.25) is 0 Å². The number of oxime groups is 1. The van der Waals surface area contributed by atoms with E-state index in [1.165, 1.54) is 19.1 Å². The summed E-state index contributed by atoms with van der Waals surface area (Å²) in [5, 5.41) is 21.3. The van der Waals surface area contributed by atoms with Gasteiger partial charge >= 0.3 is 5.88 Å². The van der Waals surface area contributed by atoms with Crippen LogP contribution in [0.15, 0.2) is 21.7 Å². The third-order valence-corrected chi connectivity index (χ3v) is 1.28. The number of nitro groups is 1. The van der Waals surface area contributed by atoms with Crippen LogP contribution in [0.5, 0.6) is 0 Å². The minimum atomic E-state index is -0.659. The normalized spacial score (nSPS) is 11.6. The SMILES string of the molecule is C/C(=N/O)c1ccc([N+](=O)[O-])o1. The van der Waals surface area contributed by atoms with Crippen molar-refractivity contribution in [2.75, 3.05) is 0 Å². The third-order valence-electron chi connectivity index (χ3n) is 1.28. The molecule has 0 saturated heterocycles. The molecule has 6 nitrogen and oxygen atoms in total. The Bertz CT molecular complexity index is 328. The largest absolute Gasteiger partial charge is 0.433 e. The molecule has 0 aliphatic rings. The van der Waals surface area contributed by atoms with E-state index in [9.17, 15) is 10.1 Å². The Labute approximate surface area is 67.3 Å². The minimum Gasteiger partial charge on any atom is -0.411 e. The minimum absolute atomic E-state index is 0.184. The lowest BCUT2D eigenvalue weighted by Gasteiger charge is -1.87. The first kappa shape index (κ1) is 8.25. The highest BCUT2D eigenvalue weighted by molar-refractivity contribution is 5.95. The van der Waals surface area contributed by atoms with E-state index in [-0.39, 0.29) is 17.4 Å². The van der Waals surface area contributed by atoms with Gasteiger partial charge in [-0.1, -0.05) is 5.16 Å². The molecule has 0 spiro atoms.